The van der Waals surface area contributed by atoms with Gasteiger partial charge in [0.2, 0.25) is 0 Å². The fourth-order valence-corrected chi connectivity index (χ4v) is 2.91. The van der Waals surface area contributed by atoms with Crippen molar-refractivity contribution in [1.82, 2.24) is 0 Å². The first kappa shape index (κ1) is 18.9. The van der Waals surface area contributed by atoms with Crippen molar-refractivity contribution in [3.63, 3.8) is 0 Å². The lowest BCUT2D eigenvalue weighted by molar-refractivity contribution is 0.193. The largest absolute Gasteiger partial charge is 0.398 e. The third kappa shape index (κ3) is 4.15. The van der Waals surface area contributed by atoms with Crippen LogP contribution in [0.4, 0.5) is 22.7 Å². The third-order valence-corrected chi connectivity index (χ3v) is 4.29. The lowest BCUT2D eigenvalue weighted by Crippen LogP contribution is -2.14. The van der Waals surface area contributed by atoms with Gasteiger partial charge in [0.15, 0.2) is 0 Å². The van der Waals surface area contributed by atoms with Crippen LogP contribution in [-0.2, 0) is 6.54 Å². The number of nitrogens with two attached hydrogens (primary N) is 2. The minimum atomic E-state index is -0.786. The van der Waals surface area contributed by atoms with E-state index in [0.29, 0.717) is 29.0 Å². The van der Waals surface area contributed by atoms with Gasteiger partial charge in [0.05, 0.1) is 12.2 Å². The summed E-state index contributed by atoms with van der Waals surface area (Å²) in [6.07, 6.45) is -1.54. The van der Waals surface area contributed by atoms with Gasteiger partial charge in [0.25, 0.3) is 0 Å². The van der Waals surface area contributed by atoms with Crippen molar-refractivity contribution in [2.45, 2.75) is 32.6 Å². The summed E-state index contributed by atoms with van der Waals surface area (Å²) in [6, 6.07) is 9.68. The predicted octanol–water partition coefficient (Wildman–Crippen LogP) is 2.64. The Hall–Kier alpha value is -2.44. The summed E-state index contributed by atoms with van der Waals surface area (Å²) in [5.74, 6) is 0. The Morgan fingerprint density at radius 3 is 2.32 bits per heavy atom. The van der Waals surface area contributed by atoms with Crippen LogP contribution in [0, 0.1) is 0 Å². The molecule has 0 aliphatic carbocycles. The first-order valence-corrected chi connectivity index (χ1v) is 8.30. The Kier molecular flexibility index (Phi) is 5.77. The number of rotatable bonds is 6. The van der Waals surface area contributed by atoms with Gasteiger partial charge in [-0.2, -0.15) is 0 Å². The number of nitrogens with zero attached hydrogens (tertiary/aromatic N) is 1. The van der Waals surface area contributed by atoms with Gasteiger partial charge in [-0.3, -0.25) is 0 Å². The SMILES string of the molecule is CC(O)c1cc(N)c(CNc2cccc(N(C)C)c2)c(C(C)O)c1N. The average molecular weight is 344 g/mol. The normalized spacial score (nSPS) is 13.4. The summed E-state index contributed by atoms with van der Waals surface area (Å²) in [6.45, 7) is 3.70. The predicted molar refractivity (Wildman–Crippen MR) is 105 cm³/mol. The van der Waals surface area contributed by atoms with Crippen LogP contribution < -0.4 is 21.7 Å². The van der Waals surface area contributed by atoms with E-state index in [0.717, 1.165) is 16.9 Å². The molecular formula is C19H28N4O2. The van der Waals surface area contributed by atoms with E-state index in [-0.39, 0.29) is 0 Å². The van der Waals surface area contributed by atoms with Crippen LogP contribution in [0.2, 0.25) is 0 Å². The van der Waals surface area contributed by atoms with Gasteiger partial charge in [0, 0.05) is 60.1 Å². The summed E-state index contributed by atoms with van der Waals surface area (Å²) in [7, 11) is 3.97. The fourth-order valence-electron chi connectivity index (χ4n) is 2.91. The molecule has 0 saturated carbocycles. The molecule has 0 saturated heterocycles. The second-order valence-electron chi connectivity index (χ2n) is 6.51. The maximum atomic E-state index is 10.2. The molecule has 2 rings (SSSR count). The van der Waals surface area contributed by atoms with Gasteiger partial charge >= 0.3 is 0 Å². The van der Waals surface area contributed by atoms with E-state index in [4.69, 9.17) is 11.5 Å². The lowest BCUT2D eigenvalue weighted by Gasteiger charge is -2.22. The van der Waals surface area contributed by atoms with Crippen LogP contribution in [-0.4, -0.2) is 24.3 Å². The van der Waals surface area contributed by atoms with Crippen LogP contribution in [0.5, 0.6) is 0 Å². The lowest BCUT2D eigenvalue weighted by atomic mass is 9.93. The van der Waals surface area contributed by atoms with E-state index in [9.17, 15) is 10.2 Å². The average Bonchev–Trinajstić information content (AvgIpc) is 2.54. The number of benzene rings is 2. The van der Waals surface area contributed by atoms with Crippen molar-refractivity contribution >= 4 is 22.7 Å². The van der Waals surface area contributed by atoms with E-state index < -0.39 is 12.2 Å². The van der Waals surface area contributed by atoms with Crippen molar-refractivity contribution in [2.75, 3.05) is 35.8 Å². The molecule has 0 aliphatic rings. The zero-order valence-corrected chi connectivity index (χ0v) is 15.2. The number of anilines is 4. The van der Waals surface area contributed by atoms with Gasteiger partial charge < -0.3 is 31.9 Å². The molecule has 2 unspecified atom stereocenters. The van der Waals surface area contributed by atoms with Gasteiger partial charge in [-0.15, -0.1) is 0 Å². The van der Waals surface area contributed by atoms with Gasteiger partial charge in [-0.1, -0.05) is 6.07 Å². The van der Waals surface area contributed by atoms with E-state index in [1.807, 2.05) is 43.3 Å². The molecule has 2 aromatic rings. The number of hydrogen-bond donors (Lipinski definition) is 5. The Morgan fingerprint density at radius 2 is 1.76 bits per heavy atom. The highest BCUT2D eigenvalue weighted by atomic mass is 16.3. The molecule has 0 aliphatic heterocycles. The second-order valence-corrected chi connectivity index (χ2v) is 6.51. The number of nitrogen functional groups attached to an aromatic ring is 2. The standard InChI is InChI=1S/C19H28N4O2/c1-11(24)15-9-17(20)16(18(12(2)25)19(15)21)10-22-13-6-5-7-14(8-13)23(3)4/h5-9,11-12,22,24-25H,10,20-21H2,1-4H3. The second kappa shape index (κ2) is 7.63. The van der Waals surface area contributed by atoms with Crippen LogP contribution in [0.25, 0.3) is 0 Å². The maximum Gasteiger partial charge on any atom is 0.0786 e. The third-order valence-electron chi connectivity index (χ3n) is 4.29. The molecule has 0 fully saturated rings. The van der Waals surface area contributed by atoms with Crippen LogP contribution in [0.15, 0.2) is 30.3 Å². The van der Waals surface area contributed by atoms with E-state index in [2.05, 4.69) is 5.32 Å². The monoisotopic (exact) mass is 344 g/mol. The number of nitrogens with one attached hydrogen (secondary N) is 1. The molecule has 0 heterocycles. The molecule has 0 amide bonds. The zero-order chi connectivity index (χ0) is 18.7. The molecule has 25 heavy (non-hydrogen) atoms. The van der Waals surface area contributed by atoms with E-state index in [1.165, 1.54) is 0 Å². The van der Waals surface area contributed by atoms with Gasteiger partial charge in [-0.05, 0) is 38.1 Å². The molecule has 136 valence electrons. The summed E-state index contributed by atoms with van der Waals surface area (Å²) >= 11 is 0. The number of hydrogen-bond acceptors (Lipinski definition) is 6. The molecule has 0 radical (unpaired) electrons. The quantitative estimate of drug-likeness (QED) is 0.516. The molecule has 0 spiro atoms. The molecule has 0 aromatic heterocycles. The van der Waals surface area contributed by atoms with Crippen molar-refractivity contribution in [3.8, 4) is 0 Å². The minimum Gasteiger partial charge on any atom is -0.398 e. The molecule has 6 heteroatoms. The first-order chi connectivity index (χ1) is 11.7. The highest BCUT2D eigenvalue weighted by Gasteiger charge is 2.20. The van der Waals surface area contributed by atoms with Crippen molar-refractivity contribution in [3.05, 3.63) is 47.0 Å². The highest BCUT2D eigenvalue weighted by molar-refractivity contribution is 5.69. The number of aliphatic hydroxyl groups is 2. The Balaban J connectivity index is 2.36. The van der Waals surface area contributed by atoms with Gasteiger partial charge in [0.1, 0.15) is 0 Å². The maximum absolute atomic E-state index is 10.2. The van der Waals surface area contributed by atoms with Crippen LogP contribution >= 0.6 is 0 Å². The smallest absolute Gasteiger partial charge is 0.0786 e. The molecular weight excluding hydrogens is 316 g/mol. The molecule has 2 atom stereocenters. The summed E-state index contributed by atoms with van der Waals surface area (Å²) in [5.41, 5.74) is 17.1. The molecule has 6 nitrogen and oxygen atoms in total. The van der Waals surface area contributed by atoms with Crippen LogP contribution in [0.1, 0.15) is 42.7 Å². The number of aliphatic hydroxyl groups excluding tert-OH is 2. The van der Waals surface area contributed by atoms with Crippen molar-refractivity contribution in [1.29, 1.82) is 0 Å². The topological polar surface area (TPSA) is 108 Å². The van der Waals surface area contributed by atoms with Crippen LogP contribution in [0.3, 0.4) is 0 Å². The van der Waals surface area contributed by atoms with Gasteiger partial charge in [-0.25, -0.2) is 0 Å². The van der Waals surface area contributed by atoms with E-state index in [1.54, 1.807) is 19.9 Å². The minimum absolute atomic E-state index is 0.387. The fraction of sp³-hybridized carbons (Fsp3) is 0.368. The Morgan fingerprint density at radius 1 is 1.08 bits per heavy atom. The first-order valence-electron chi connectivity index (χ1n) is 8.30. The molecule has 7 N–H and O–H groups in total. The Labute approximate surface area is 149 Å². The van der Waals surface area contributed by atoms with Crippen molar-refractivity contribution < 1.29 is 10.2 Å². The summed E-state index contributed by atoms with van der Waals surface area (Å²) in [5, 5.41) is 23.4. The Bertz CT molecular complexity index is 742. The van der Waals surface area contributed by atoms with E-state index >= 15 is 0 Å². The highest BCUT2D eigenvalue weighted by Crippen LogP contribution is 2.35. The molecule has 2 aromatic carbocycles. The zero-order valence-electron chi connectivity index (χ0n) is 15.2. The van der Waals surface area contributed by atoms with Crippen molar-refractivity contribution in [2.24, 2.45) is 0 Å². The summed E-state index contributed by atoms with van der Waals surface area (Å²) in [4.78, 5) is 2.02. The summed E-state index contributed by atoms with van der Waals surface area (Å²) < 4.78 is 0. The molecule has 0 bridgehead atoms.